The predicted octanol–water partition coefficient (Wildman–Crippen LogP) is 3.05. The predicted molar refractivity (Wildman–Crippen MR) is 73.0 cm³/mol. The van der Waals surface area contributed by atoms with Crippen LogP contribution in [-0.4, -0.2) is 22.9 Å². The van der Waals surface area contributed by atoms with Gasteiger partial charge in [-0.05, 0) is 17.7 Å². The van der Waals surface area contributed by atoms with Crippen LogP contribution in [0.1, 0.15) is 18.6 Å². The molecule has 0 heterocycles. The number of hydrogen-bond acceptors (Lipinski definition) is 3. The average Bonchev–Trinajstić information content (AvgIpc) is 2.28. The summed E-state index contributed by atoms with van der Waals surface area (Å²) in [6.07, 6.45) is -1.50. The number of rotatable bonds is 4. The Morgan fingerprint density at radius 1 is 1.35 bits per heavy atom. The van der Waals surface area contributed by atoms with E-state index in [0.717, 1.165) is 4.47 Å². The normalized spacial score (nSPS) is 14.6. The highest BCUT2D eigenvalue weighted by atomic mass is 79.9. The number of benzene rings is 1. The Balaban J connectivity index is 3.12. The van der Waals surface area contributed by atoms with Gasteiger partial charge >= 0.3 is 0 Å². The molecule has 17 heavy (non-hydrogen) atoms. The summed E-state index contributed by atoms with van der Waals surface area (Å²) in [5.74, 6) is -0.242. The van der Waals surface area contributed by atoms with Crippen LogP contribution in [-0.2, 0) is 9.84 Å². The van der Waals surface area contributed by atoms with Crippen LogP contribution < -0.4 is 0 Å². The smallest absolute Gasteiger partial charge is 0.247 e. The minimum Gasteiger partial charge on any atom is -0.384 e. The fourth-order valence-corrected chi connectivity index (χ4v) is 3.23. The molecule has 0 saturated carbocycles. The molecule has 0 fully saturated rings. The Hall–Kier alpha value is 0.190. The zero-order valence-corrected chi connectivity index (χ0v) is 12.8. The Morgan fingerprint density at radius 3 is 2.24 bits per heavy atom. The molecule has 1 atom stereocenters. The van der Waals surface area contributed by atoms with Crippen molar-refractivity contribution in [3.8, 4) is 0 Å². The minimum absolute atomic E-state index is 0.242. The van der Waals surface area contributed by atoms with Crippen LogP contribution >= 0.6 is 39.1 Å². The molecule has 0 bridgehead atoms. The molecular weight excluding hydrogens is 351 g/mol. The van der Waals surface area contributed by atoms with Crippen molar-refractivity contribution in [1.82, 2.24) is 0 Å². The van der Waals surface area contributed by atoms with Crippen molar-refractivity contribution in [3.05, 3.63) is 34.3 Å². The van der Waals surface area contributed by atoms with E-state index in [2.05, 4.69) is 15.9 Å². The summed E-state index contributed by atoms with van der Waals surface area (Å²) in [6, 6.07) is 6.45. The molecule has 0 saturated heterocycles. The van der Waals surface area contributed by atoms with E-state index in [-0.39, 0.29) is 5.75 Å². The Morgan fingerprint density at radius 2 is 1.82 bits per heavy atom. The SMILES string of the molecule is CCS(=O)(=O)C(Cl)(Cl)[C@H](O)c1ccc(Br)cc1. The molecule has 1 aromatic carbocycles. The highest BCUT2D eigenvalue weighted by Gasteiger charge is 2.46. The molecule has 1 rings (SSSR count). The van der Waals surface area contributed by atoms with Crippen LogP contribution in [0.25, 0.3) is 0 Å². The second-order valence-corrected chi connectivity index (χ2v) is 8.62. The third kappa shape index (κ3) is 3.15. The molecule has 1 N–H and O–H groups in total. The summed E-state index contributed by atoms with van der Waals surface area (Å²) in [5, 5.41) is 9.95. The quantitative estimate of drug-likeness (QED) is 0.838. The van der Waals surface area contributed by atoms with Gasteiger partial charge in [-0.2, -0.15) is 0 Å². The van der Waals surface area contributed by atoms with Gasteiger partial charge < -0.3 is 5.11 Å². The molecule has 0 aliphatic rings. The minimum atomic E-state index is -3.79. The summed E-state index contributed by atoms with van der Waals surface area (Å²) < 4.78 is 21.9. The lowest BCUT2D eigenvalue weighted by molar-refractivity contribution is 0.181. The van der Waals surface area contributed by atoms with Gasteiger partial charge in [0.05, 0.1) is 5.75 Å². The molecule has 0 amide bonds. The highest BCUT2D eigenvalue weighted by Crippen LogP contribution is 2.41. The summed E-state index contributed by atoms with van der Waals surface area (Å²) in [4.78, 5) is 0. The van der Waals surface area contributed by atoms with Crippen LogP contribution in [0.4, 0.5) is 0 Å². The van der Waals surface area contributed by atoms with Crippen molar-refractivity contribution in [2.75, 3.05) is 5.75 Å². The van der Waals surface area contributed by atoms with Crippen LogP contribution in [0, 0.1) is 0 Å². The second kappa shape index (κ2) is 5.45. The molecule has 0 unspecified atom stereocenters. The van der Waals surface area contributed by atoms with E-state index >= 15 is 0 Å². The average molecular weight is 362 g/mol. The zero-order valence-electron chi connectivity index (χ0n) is 8.90. The van der Waals surface area contributed by atoms with Crippen LogP contribution in [0.15, 0.2) is 28.7 Å². The zero-order chi connectivity index (χ0) is 13.3. The van der Waals surface area contributed by atoms with Gasteiger partial charge in [0.2, 0.25) is 3.67 Å². The van der Waals surface area contributed by atoms with Gasteiger partial charge in [0, 0.05) is 4.47 Å². The number of alkyl halides is 2. The molecule has 0 aromatic heterocycles. The van der Waals surface area contributed by atoms with E-state index in [4.69, 9.17) is 23.2 Å². The Bertz CT molecular complexity index is 485. The van der Waals surface area contributed by atoms with Gasteiger partial charge in [0.15, 0.2) is 9.84 Å². The van der Waals surface area contributed by atoms with Crippen LogP contribution in [0.3, 0.4) is 0 Å². The number of aliphatic hydroxyl groups excluding tert-OH is 1. The van der Waals surface area contributed by atoms with Crippen molar-refractivity contribution in [1.29, 1.82) is 0 Å². The Labute approximate surface area is 119 Å². The number of sulfone groups is 1. The number of halogens is 3. The maximum atomic E-state index is 11.7. The fourth-order valence-electron chi connectivity index (χ4n) is 1.20. The first kappa shape index (κ1) is 15.2. The first-order valence-corrected chi connectivity index (χ1v) is 7.96. The van der Waals surface area contributed by atoms with E-state index in [1.807, 2.05) is 0 Å². The van der Waals surface area contributed by atoms with E-state index in [1.54, 1.807) is 24.3 Å². The van der Waals surface area contributed by atoms with E-state index < -0.39 is 19.6 Å². The van der Waals surface area contributed by atoms with E-state index in [9.17, 15) is 13.5 Å². The molecule has 3 nitrogen and oxygen atoms in total. The van der Waals surface area contributed by atoms with Gasteiger partial charge in [0.1, 0.15) is 6.10 Å². The fraction of sp³-hybridized carbons (Fsp3) is 0.400. The number of hydrogen-bond donors (Lipinski definition) is 1. The summed E-state index contributed by atoms with van der Waals surface area (Å²) in [6.45, 7) is 1.42. The largest absolute Gasteiger partial charge is 0.384 e. The standard InChI is InChI=1S/C10H11BrCl2O3S/c1-2-17(15,16)10(12,13)9(14)7-3-5-8(11)6-4-7/h3-6,9,14H,2H2,1H3/t9-/m1/s1. The van der Waals surface area contributed by atoms with Gasteiger partial charge in [0.25, 0.3) is 0 Å². The van der Waals surface area contributed by atoms with Gasteiger partial charge in [-0.1, -0.05) is 58.2 Å². The molecule has 0 aliphatic heterocycles. The van der Waals surface area contributed by atoms with Crippen LogP contribution in [0.5, 0.6) is 0 Å². The maximum Gasteiger partial charge on any atom is 0.247 e. The third-order valence-electron chi connectivity index (χ3n) is 2.30. The van der Waals surface area contributed by atoms with E-state index in [0.29, 0.717) is 5.56 Å². The molecule has 0 spiro atoms. The topological polar surface area (TPSA) is 54.4 Å². The van der Waals surface area contributed by atoms with Crippen LogP contribution in [0.2, 0.25) is 0 Å². The van der Waals surface area contributed by atoms with Gasteiger partial charge in [-0.15, -0.1) is 0 Å². The van der Waals surface area contributed by atoms with Crippen molar-refractivity contribution in [2.45, 2.75) is 16.7 Å². The molecule has 96 valence electrons. The monoisotopic (exact) mass is 360 g/mol. The molecular formula is C10H11BrCl2O3S. The first-order valence-electron chi connectivity index (χ1n) is 4.76. The highest BCUT2D eigenvalue weighted by molar-refractivity contribution is 9.10. The maximum absolute atomic E-state index is 11.7. The molecule has 1 aromatic rings. The van der Waals surface area contributed by atoms with Crippen molar-refractivity contribution < 1.29 is 13.5 Å². The Kier molecular flexibility index (Phi) is 4.88. The number of aliphatic hydroxyl groups is 1. The lowest BCUT2D eigenvalue weighted by Crippen LogP contribution is -2.34. The van der Waals surface area contributed by atoms with E-state index in [1.165, 1.54) is 6.92 Å². The molecule has 0 radical (unpaired) electrons. The van der Waals surface area contributed by atoms with Gasteiger partial charge in [-0.25, -0.2) is 8.42 Å². The third-order valence-corrected chi connectivity index (χ3v) is 6.46. The lowest BCUT2D eigenvalue weighted by atomic mass is 10.1. The van der Waals surface area contributed by atoms with Crippen molar-refractivity contribution in [2.24, 2.45) is 0 Å². The molecule has 7 heteroatoms. The second-order valence-electron chi connectivity index (χ2n) is 3.42. The summed E-state index contributed by atoms with van der Waals surface area (Å²) >= 11 is 14.8. The molecule has 0 aliphatic carbocycles. The lowest BCUT2D eigenvalue weighted by Gasteiger charge is -2.25. The summed E-state index contributed by atoms with van der Waals surface area (Å²) in [7, 11) is -3.79. The van der Waals surface area contributed by atoms with Crippen molar-refractivity contribution >= 4 is 49.0 Å². The van der Waals surface area contributed by atoms with Crippen molar-refractivity contribution in [3.63, 3.8) is 0 Å². The first-order chi connectivity index (χ1) is 7.72. The van der Waals surface area contributed by atoms with Gasteiger partial charge in [-0.3, -0.25) is 0 Å². The summed E-state index contributed by atoms with van der Waals surface area (Å²) in [5.41, 5.74) is 0.343.